The van der Waals surface area contributed by atoms with E-state index in [4.69, 9.17) is 9.47 Å². The van der Waals surface area contributed by atoms with E-state index >= 15 is 0 Å². The van der Waals surface area contributed by atoms with E-state index in [0.717, 1.165) is 31.2 Å². The molecule has 1 N–H and O–H groups in total. The van der Waals surface area contributed by atoms with Crippen molar-refractivity contribution < 1.29 is 35.9 Å². The molecule has 32 heavy (non-hydrogen) atoms. The Morgan fingerprint density at radius 3 is 2.50 bits per heavy atom. The van der Waals surface area contributed by atoms with Gasteiger partial charge in [0.1, 0.15) is 5.75 Å². The minimum atomic E-state index is -5.55. The molecule has 7 nitrogen and oxygen atoms in total. The molecule has 5 rings (SSSR count). The number of hydrogen-bond acceptors (Lipinski definition) is 5. The topological polar surface area (TPSA) is 84.9 Å². The third-order valence-corrected chi connectivity index (χ3v) is 7.82. The Morgan fingerprint density at radius 1 is 1.06 bits per heavy atom. The first kappa shape index (κ1) is 23.3. The molecule has 0 radical (unpaired) electrons. The van der Waals surface area contributed by atoms with Crippen molar-refractivity contribution in [3.05, 3.63) is 29.8 Å². The van der Waals surface area contributed by atoms with E-state index in [9.17, 15) is 26.4 Å². The molecule has 11 heteroatoms. The molecule has 0 spiro atoms. The van der Waals surface area contributed by atoms with E-state index in [2.05, 4.69) is 0 Å². The average Bonchev–Trinajstić information content (AvgIpc) is 2.77. The molecule has 1 saturated carbocycles. The standard InChI is InChI=1S/C21H27F3N2O5S/c22-21(23,24)32(28,29)25-17-5-3-11-26-18(17)12-30-15-9-7-14(8-10-15)16-4-1-2-6-19(16)31-13-20(26)27/h1-2,4,6,14-15,17-18,25H,3,5,7-13H2/t14?,15?,17-,18-/m0/s1. The van der Waals surface area contributed by atoms with Gasteiger partial charge < -0.3 is 14.4 Å². The van der Waals surface area contributed by atoms with Crippen molar-refractivity contribution in [2.24, 2.45) is 0 Å². The van der Waals surface area contributed by atoms with Crippen LogP contribution in [0.25, 0.3) is 0 Å². The first-order valence-electron chi connectivity index (χ1n) is 10.9. The van der Waals surface area contributed by atoms with Gasteiger partial charge in [0.15, 0.2) is 6.61 Å². The van der Waals surface area contributed by atoms with Crippen LogP contribution < -0.4 is 9.46 Å². The van der Waals surface area contributed by atoms with Crippen molar-refractivity contribution in [1.29, 1.82) is 0 Å². The molecular formula is C21H27F3N2O5S. The van der Waals surface area contributed by atoms with Gasteiger partial charge in [0.25, 0.3) is 5.91 Å². The SMILES string of the molecule is O=C1COc2ccccc2C2CCC(CC2)OC[C@H]2[C@@H](NS(=O)(=O)C(F)(F)F)CCCN12. The number of alkyl halides is 3. The average molecular weight is 477 g/mol. The second-order valence-corrected chi connectivity index (χ2v) is 10.3. The lowest BCUT2D eigenvalue weighted by Crippen LogP contribution is -2.60. The highest BCUT2D eigenvalue weighted by molar-refractivity contribution is 7.90. The molecule has 0 aromatic heterocycles. The lowest BCUT2D eigenvalue weighted by atomic mass is 9.82. The summed E-state index contributed by atoms with van der Waals surface area (Å²) in [5.41, 5.74) is -4.38. The summed E-state index contributed by atoms with van der Waals surface area (Å²) in [7, 11) is -5.55. The number of fused-ring (bicyclic) bond motifs is 5. The van der Waals surface area contributed by atoms with E-state index in [1.165, 1.54) is 4.90 Å². The van der Waals surface area contributed by atoms with E-state index in [-0.39, 0.29) is 31.7 Å². The van der Waals surface area contributed by atoms with Gasteiger partial charge in [-0.15, -0.1) is 0 Å². The highest BCUT2D eigenvalue weighted by atomic mass is 32.2. The van der Waals surface area contributed by atoms with Crippen molar-refractivity contribution in [1.82, 2.24) is 9.62 Å². The van der Waals surface area contributed by atoms with E-state index in [1.54, 1.807) is 4.72 Å². The Morgan fingerprint density at radius 2 is 1.78 bits per heavy atom. The molecule has 1 aromatic rings. The highest BCUT2D eigenvalue weighted by Crippen LogP contribution is 2.39. The zero-order chi connectivity index (χ0) is 22.9. The Bertz CT molecular complexity index is 932. The second-order valence-electron chi connectivity index (χ2n) is 8.60. The van der Waals surface area contributed by atoms with Gasteiger partial charge in [-0.3, -0.25) is 4.79 Å². The summed E-state index contributed by atoms with van der Waals surface area (Å²) in [6.07, 6.45) is 3.77. The van der Waals surface area contributed by atoms with Crippen LogP contribution in [0.15, 0.2) is 24.3 Å². The number of rotatable bonds is 2. The van der Waals surface area contributed by atoms with E-state index in [0.29, 0.717) is 18.7 Å². The van der Waals surface area contributed by atoms with Gasteiger partial charge in [-0.25, -0.2) is 13.1 Å². The molecule has 0 unspecified atom stereocenters. The van der Waals surface area contributed by atoms with E-state index < -0.39 is 33.5 Å². The van der Waals surface area contributed by atoms with Gasteiger partial charge >= 0.3 is 15.5 Å². The predicted octanol–water partition coefficient (Wildman–Crippen LogP) is 2.92. The molecular weight excluding hydrogens is 449 g/mol. The maximum Gasteiger partial charge on any atom is 0.511 e. The highest BCUT2D eigenvalue weighted by Gasteiger charge is 2.49. The summed E-state index contributed by atoms with van der Waals surface area (Å²) >= 11 is 0. The van der Waals surface area contributed by atoms with Crippen LogP contribution in [0.1, 0.15) is 50.0 Å². The predicted molar refractivity (Wildman–Crippen MR) is 110 cm³/mol. The lowest BCUT2D eigenvalue weighted by Gasteiger charge is -2.42. The lowest BCUT2D eigenvalue weighted by molar-refractivity contribution is -0.140. The Hall–Kier alpha value is -1.85. The fourth-order valence-electron chi connectivity index (χ4n) is 4.92. The van der Waals surface area contributed by atoms with Gasteiger partial charge in [0, 0.05) is 12.6 Å². The molecule has 4 aliphatic rings. The zero-order valence-corrected chi connectivity index (χ0v) is 18.3. The Labute approximate surface area is 185 Å². The fraction of sp³-hybridized carbons (Fsp3) is 0.667. The zero-order valence-electron chi connectivity index (χ0n) is 17.5. The van der Waals surface area contributed by atoms with Crippen LogP contribution in [0, 0.1) is 0 Å². The van der Waals surface area contributed by atoms with Crippen molar-refractivity contribution >= 4 is 15.9 Å². The number of amides is 1. The summed E-state index contributed by atoms with van der Waals surface area (Å²) in [5, 5.41) is 0. The number of carbonyl (C=O) groups is 1. The summed E-state index contributed by atoms with van der Waals surface area (Å²) in [6, 6.07) is 5.65. The molecule has 1 saturated heterocycles. The van der Waals surface area contributed by atoms with Gasteiger partial charge in [-0.05, 0) is 56.1 Å². The van der Waals surface area contributed by atoms with Gasteiger partial charge in [-0.2, -0.15) is 13.2 Å². The number of nitrogens with zero attached hydrogens (tertiary/aromatic N) is 1. The largest absolute Gasteiger partial charge is 0.511 e. The molecule has 1 amide bonds. The molecule has 2 bridgehead atoms. The number of hydrogen-bond donors (Lipinski definition) is 1. The first-order valence-corrected chi connectivity index (χ1v) is 12.4. The number of benzene rings is 1. The van der Waals surface area contributed by atoms with Crippen molar-refractivity contribution in [3.8, 4) is 5.75 Å². The molecule has 3 aliphatic heterocycles. The molecule has 2 atom stereocenters. The number of carbonyl (C=O) groups excluding carboxylic acids is 1. The summed E-state index contributed by atoms with van der Waals surface area (Å²) in [5.74, 6) is 0.513. The number of para-hydroxylation sites is 1. The molecule has 2 fully saturated rings. The summed E-state index contributed by atoms with van der Waals surface area (Å²) in [6.45, 7) is -0.00310. The number of halogens is 3. The first-order chi connectivity index (χ1) is 15.2. The molecule has 1 aliphatic carbocycles. The minimum Gasteiger partial charge on any atom is -0.483 e. The van der Waals surface area contributed by atoms with Crippen LogP contribution in [-0.4, -0.2) is 62.7 Å². The second kappa shape index (κ2) is 9.18. The molecule has 3 heterocycles. The molecule has 1 aromatic carbocycles. The van der Waals surface area contributed by atoms with Crippen LogP contribution in [-0.2, 0) is 19.6 Å². The van der Waals surface area contributed by atoms with Gasteiger partial charge in [0.2, 0.25) is 0 Å². The van der Waals surface area contributed by atoms with Crippen LogP contribution in [0.5, 0.6) is 5.75 Å². The number of piperidine rings is 1. The number of ether oxygens (including phenoxy) is 2. The van der Waals surface area contributed by atoms with Crippen molar-refractivity contribution in [2.45, 2.75) is 68.1 Å². The normalized spacial score (nSPS) is 29.7. The quantitative estimate of drug-likeness (QED) is 0.710. The Balaban J connectivity index is 1.60. The maximum atomic E-state index is 13.0. The van der Waals surface area contributed by atoms with Gasteiger partial charge in [0.05, 0.1) is 18.8 Å². The monoisotopic (exact) mass is 476 g/mol. The number of sulfonamides is 1. The molecule has 178 valence electrons. The Kier molecular flexibility index (Phi) is 6.69. The fourth-order valence-corrected chi connectivity index (χ4v) is 5.73. The third-order valence-electron chi connectivity index (χ3n) is 6.60. The smallest absolute Gasteiger partial charge is 0.483 e. The minimum absolute atomic E-state index is 0.0287. The van der Waals surface area contributed by atoms with Crippen LogP contribution in [0.3, 0.4) is 0 Å². The van der Waals surface area contributed by atoms with Crippen molar-refractivity contribution in [3.63, 3.8) is 0 Å². The third kappa shape index (κ3) is 4.89. The van der Waals surface area contributed by atoms with Crippen LogP contribution >= 0.6 is 0 Å². The summed E-state index contributed by atoms with van der Waals surface area (Å²) in [4.78, 5) is 14.4. The van der Waals surface area contributed by atoms with Crippen LogP contribution in [0.2, 0.25) is 0 Å². The van der Waals surface area contributed by atoms with E-state index in [1.807, 2.05) is 24.3 Å². The van der Waals surface area contributed by atoms with Gasteiger partial charge in [-0.1, -0.05) is 18.2 Å². The number of nitrogens with one attached hydrogen (secondary N) is 1. The summed E-state index contributed by atoms with van der Waals surface area (Å²) < 4.78 is 76.1. The van der Waals surface area contributed by atoms with Crippen LogP contribution in [0.4, 0.5) is 13.2 Å². The maximum absolute atomic E-state index is 13.0. The van der Waals surface area contributed by atoms with Crippen molar-refractivity contribution in [2.75, 3.05) is 19.8 Å².